The van der Waals surface area contributed by atoms with Gasteiger partial charge < -0.3 is 15.1 Å². The molecule has 9 heteroatoms. The molecule has 2 aliphatic rings. The molecule has 0 unspecified atom stereocenters. The van der Waals surface area contributed by atoms with Crippen molar-refractivity contribution in [1.29, 1.82) is 0 Å². The lowest BCUT2D eigenvalue weighted by Gasteiger charge is -2.39. The Bertz CT molecular complexity index is 986. The Morgan fingerprint density at radius 3 is 2.15 bits per heavy atom. The van der Waals surface area contributed by atoms with E-state index in [2.05, 4.69) is 15.1 Å². The van der Waals surface area contributed by atoms with Crippen LogP contribution in [-0.2, 0) is 9.59 Å². The summed E-state index contributed by atoms with van der Waals surface area (Å²) in [6.45, 7) is 4.86. The fraction of sp³-hybridized carbons (Fsp3) is 0.417. The largest absolute Gasteiger partial charge is 0.368 e. The molecule has 0 aliphatic carbocycles. The lowest BCUT2D eigenvalue weighted by Crippen LogP contribution is -2.52. The van der Waals surface area contributed by atoms with Crippen molar-refractivity contribution in [1.82, 2.24) is 9.80 Å². The Morgan fingerprint density at radius 1 is 0.848 bits per heavy atom. The van der Waals surface area contributed by atoms with E-state index in [0.717, 1.165) is 62.8 Å². The van der Waals surface area contributed by atoms with E-state index < -0.39 is 0 Å². The van der Waals surface area contributed by atoms with E-state index in [-0.39, 0.29) is 17.7 Å². The number of benzene rings is 2. The Hall–Kier alpha value is -1.99. The number of nitrogens with one attached hydrogen (secondary N) is 1. The molecule has 1 N–H and O–H groups in total. The van der Waals surface area contributed by atoms with Crippen LogP contribution in [0, 0.1) is 5.92 Å². The summed E-state index contributed by atoms with van der Waals surface area (Å²) in [5.74, 6) is 0.170. The summed E-state index contributed by atoms with van der Waals surface area (Å²) in [6, 6.07) is 12.9. The number of rotatable bonds is 5. The van der Waals surface area contributed by atoms with Crippen LogP contribution in [0.3, 0.4) is 0 Å². The summed E-state index contributed by atoms with van der Waals surface area (Å²) >= 11 is 17.9. The molecule has 0 atom stereocenters. The number of carbonyl (C=O) groups excluding carboxylic acids is 2. The van der Waals surface area contributed by atoms with Crippen molar-refractivity contribution in [3.63, 3.8) is 0 Å². The summed E-state index contributed by atoms with van der Waals surface area (Å²) in [7, 11) is 0. The molecule has 2 aromatic carbocycles. The van der Waals surface area contributed by atoms with Gasteiger partial charge in [0.1, 0.15) is 0 Å². The van der Waals surface area contributed by atoms with Crippen molar-refractivity contribution < 1.29 is 9.59 Å². The number of hydrogen-bond acceptors (Lipinski definition) is 4. The number of piperazine rings is 1. The normalized spacial score (nSPS) is 17.8. The van der Waals surface area contributed by atoms with Crippen LogP contribution in [0.2, 0.25) is 15.1 Å². The highest BCUT2D eigenvalue weighted by atomic mass is 35.5. The molecule has 2 amide bonds. The molecule has 0 bridgehead atoms. The molecule has 6 nitrogen and oxygen atoms in total. The highest BCUT2D eigenvalue weighted by Gasteiger charge is 2.31. The van der Waals surface area contributed by atoms with Gasteiger partial charge >= 0.3 is 0 Å². The molecule has 2 saturated heterocycles. The average Bonchev–Trinajstić information content (AvgIpc) is 2.82. The van der Waals surface area contributed by atoms with Crippen molar-refractivity contribution in [3.8, 4) is 0 Å². The first-order valence-corrected chi connectivity index (χ1v) is 12.3. The molecular weight excluding hydrogens is 483 g/mol. The number of piperidine rings is 1. The lowest BCUT2D eigenvalue weighted by atomic mass is 9.95. The number of anilines is 2. The summed E-state index contributed by atoms with van der Waals surface area (Å²) in [4.78, 5) is 31.8. The maximum atomic E-state index is 13.0. The highest BCUT2D eigenvalue weighted by Crippen LogP contribution is 2.26. The van der Waals surface area contributed by atoms with Crippen molar-refractivity contribution in [3.05, 3.63) is 57.5 Å². The SMILES string of the molecule is O=C(CN1CCC(C(=O)N2CCN(c3ccc(Cl)cc3)CC2)CC1)Nc1ccc(Cl)c(Cl)c1. The third kappa shape index (κ3) is 6.33. The molecule has 0 saturated carbocycles. The van der Waals surface area contributed by atoms with Crippen molar-refractivity contribution in [2.24, 2.45) is 5.92 Å². The summed E-state index contributed by atoms with van der Waals surface area (Å²) in [6.07, 6.45) is 1.55. The zero-order chi connectivity index (χ0) is 23.4. The number of halogens is 3. The van der Waals surface area contributed by atoms with E-state index in [0.29, 0.717) is 22.3 Å². The van der Waals surface area contributed by atoms with Crippen molar-refractivity contribution in [2.75, 3.05) is 56.0 Å². The lowest BCUT2D eigenvalue weighted by molar-refractivity contribution is -0.137. The molecule has 2 aliphatic heterocycles. The van der Waals surface area contributed by atoms with Gasteiger partial charge in [-0.15, -0.1) is 0 Å². The minimum Gasteiger partial charge on any atom is -0.368 e. The predicted molar refractivity (Wildman–Crippen MR) is 135 cm³/mol. The van der Waals surface area contributed by atoms with Crippen LogP contribution in [0.1, 0.15) is 12.8 Å². The first-order valence-electron chi connectivity index (χ1n) is 11.2. The zero-order valence-electron chi connectivity index (χ0n) is 18.3. The van der Waals surface area contributed by atoms with E-state index in [1.54, 1.807) is 18.2 Å². The van der Waals surface area contributed by atoms with Crippen LogP contribution in [0.25, 0.3) is 0 Å². The second-order valence-corrected chi connectivity index (χ2v) is 9.77. The smallest absolute Gasteiger partial charge is 0.238 e. The van der Waals surface area contributed by atoms with Crippen LogP contribution >= 0.6 is 34.8 Å². The minimum atomic E-state index is -0.100. The fourth-order valence-electron chi connectivity index (χ4n) is 4.41. The van der Waals surface area contributed by atoms with Crippen molar-refractivity contribution in [2.45, 2.75) is 12.8 Å². The van der Waals surface area contributed by atoms with Crippen molar-refractivity contribution >= 4 is 58.0 Å². The topological polar surface area (TPSA) is 55.9 Å². The van der Waals surface area contributed by atoms with Crippen LogP contribution in [0.4, 0.5) is 11.4 Å². The van der Waals surface area contributed by atoms with Gasteiger partial charge in [-0.05, 0) is 68.4 Å². The Morgan fingerprint density at radius 2 is 1.52 bits per heavy atom. The predicted octanol–water partition coefficient (Wildman–Crippen LogP) is 4.65. The van der Waals surface area contributed by atoms with E-state index in [1.807, 2.05) is 29.2 Å². The molecule has 0 radical (unpaired) electrons. The second-order valence-electron chi connectivity index (χ2n) is 8.52. The third-order valence-electron chi connectivity index (χ3n) is 6.29. The van der Waals surface area contributed by atoms with E-state index in [9.17, 15) is 9.59 Å². The standard InChI is InChI=1S/C24H27Cl3N4O2/c25-18-1-4-20(5-2-18)30-11-13-31(14-12-30)24(33)17-7-9-29(10-8-17)16-23(32)28-19-3-6-21(26)22(27)15-19/h1-6,15,17H,7-14,16H2,(H,28,32). The van der Waals surface area contributed by atoms with E-state index in [4.69, 9.17) is 34.8 Å². The van der Waals surface area contributed by atoms with Gasteiger partial charge in [0.2, 0.25) is 11.8 Å². The fourth-order valence-corrected chi connectivity index (χ4v) is 4.83. The quantitative estimate of drug-likeness (QED) is 0.638. The Labute approximate surface area is 209 Å². The maximum Gasteiger partial charge on any atom is 0.238 e. The number of amides is 2. The summed E-state index contributed by atoms with van der Waals surface area (Å²) in [5.41, 5.74) is 1.76. The average molecular weight is 510 g/mol. The molecular formula is C24H27Cl3N4O2. The molecule has 33 heavy (non-hydrogen) atoms. The molecule has 2 fully saturated rings. The van der Waals surface area contributed by atoms with Crippen LogP contribution in [0.5, 0.6) is 0 Å². The molecule has 2 heterocycles. The zero-order valence-corrected chi connectivity index (χ0v) is 20.5. The van der Waals surface area contributed by atoms with E-state index in [1.165, 1.54) is 0 Å². The first-order chi connectivity index (χ1) is 15.9. The highest BCUT2D eigenvalue weighted by molar-refractivity contribution is 6.42. The van der Waals surface area contributed by atoms with Gasteiger partial charge in [0.25, 0.3) is 0 Å². The molecule has 2 aromatic rings. The van der Waals surface area contributed by atoms with Gasteiger partial charge in [0.15, 0.2) is 0 Å². The first kappa shape index (κ1) is 24.1. The number of carbonyl (C=O) groups is 2. The van der Waals surface area contributed by atoms with Gasteiger partial charge in [-0.3, -0.25) is 14.5 Å². The number of likely N-dealkylation sites (tertiary alicyclic amines) is 1. The second kappa shape index (κ2) is 11.0. The van der Waals surface area contributed by atoms with Gasteiger partial charge in [-0.2, -0.15) is 0 Å². The monoisotopic (exact) mass is 508 g/mol. The van der Waals surface area contributed by atoms with E-state index >= 15 is 0 Å². The van der Waals surface area contributed by atoms with Gasteiger partial charge in [-0.1, -0.05) is 34.8 Å². The number of nitrogens with zero attached hydrogens (tertiary/aromatic N) is 3. The van der Waals surface area contributed by atoms with Crippen LogP contribution in [0.15, 0.2) is 42.5 Å². The molecule has 0 aromatic heterocycles. The van der Waals surface area contributed by atoms with Crippen LogP contribution < -0.4 is 10.2 Å². The Balaban J connectivity index is 1.20. The molecule has 0 spiro atoms. The summed E-state index contributed by atoms with van der Waals surface area (Å²) < 4.78 is 0. The Kier molecular flexibility index (Phi) is 8.02. The minimum absolute atomic E-state index is 0.0291. The molecule has 4 rings (SSSR count). The van der Waals surface area contributed by atoms with Gasteiger partial charge in [0, 0.05) is 48.5 Å². The summed E-state index contributed by atoms with van der Waals surface area (Å²) in [5, 5.41) is 4.44. The van der Waals surface area contributed by atoms with Gasteiger partial charge in [0.05, 0.1) is 16.6 Å². The third-order valence-corrected chi connectivity index (χ3v) is 7.28. The van der Waals surface area contributed by atoms with Crippen LogP contribution in [-0.4, -0.2) is 67.4 Å². The molecule has 176 valence electrons. The maximum absolute atomic E-state index is 13.0. The number of hydrogen-bond donors (Lipinski definition) is 1. The van der Waals surface area contributed by atoms with Gasteiger partial charge in [-0.25, -0.2) is 0 Å².